The number of nitrogens with one attached hydrogen (secondary N) is 1. The number of hydrazone groups is 1. The minimum Gasteiger partial charge on any atom is -0.496 e. The van der Waals surface area contributed by atoms with Crippen molar-refractivity contribution in [3.63, 3.8) is 0 Å². The van der Waals surface area contributed by atoms with Crippen molar-refractivity contribution in [2.75, 3.05) is 12.9 Å². The number of benzene rings is 2. The first-order valence-corrected chi connectivity index (χ1v) is 8.30. The summed E-state index contributed by atoms with van der Waals surface area (Å²) in [6.07, 6.45) is 1.56. The molecule has 4 nitrogen and oxygen atoms in total. The van der Waals surface area contributed by atoms with Gasteiger partial charge in [0.05, 0.1) is 19.1 Å². The lowest BCUT2D eigenvalue weighted by Gasteiger charge is -2.04. The fourth-order valence-corrected chi connectivity index (χ4v) is 2.77. The van der Waals surface area contributed by atoms with Gasteiger partial charge in [0, 0.05) is 14.9 Å². The highest BCUT2D eigenvalue weighted by molar-refractivity contribution is 9.10. The van der Waals surface area contributed by atoms with Crippen molar-refractivity contribution in [3.05, 3.63) is 58.6 Å². The zero-order chi connectivity index (χ0) is 15.8. The third kappa shape index (κ3) is 5.20. The van der Waals surface area contributed by atoms with E-state index < -0.39 is 0 Å². The van der Waals surface area contributed by atoms with Crippen LogP contribution in [0.2, 0.25) is 0 Å². The van der Waals surface area contributed by atoms with Crippen LogP contribution in [0.5, 0.6) is 5.75 Å². The Morgan fingerprint density at radius 2 is 2.09 bits per heavy atom. The molecule has 0 aromatic heterocycles. The topological polar surface area (TPSA) is 50.7 Å². The molecular weight excluding hydrogens is 364 g/mol. The van der Waals surface area contributed by atoms with Gasteiger partial charge in [-0.2, -0.15) is 5.10 Å². The van der Waals surface area contributed by atoms with Gasteiger partial charge >= 0.3 is 0 Å². The Hall–Kier alpha value is -1.79. The van der Waals surface area contributed by atoms with E-state index in [0.717, 1.165) is 14.9 Å². The van der Waals surface area contributed by atoms with E-state index in [9.17, 15) is 4.79 Å². The summed E-state index contributed by atoms with van der Waals surface area (Å²) in [5.74, 6) is 0.857. The molecule has 0 atom stereocenters. The predicted octanol–water partition coefficient (Wildman–Crippen LogP) is 3.70. The maximum absolute atomic E-state index is 11.7. The molecule has 0 unspecified atom stereocenters. The molecule has 1 amide bonds. The van der Waals surface area contributed by atoms with Gasteiger partial charge in [-0.3, -0.25) is 4.79 Å². The molecule has 6 heteroatoms. The molecule has 0 heterocycles. The molecule has 0 saturated heterocycles. The predicted molar refractivity (Wildman–Crippen MR) is 93.6 cm³/mol. The summed E-state index contributed by atoms with van der Waals surface area (Å²) >= 11 is 4.86. The van der Waals surface area contributed by atoms with Gasteiger partial charge in [0.15, 0.2) is 0 Å². The van der Waals surface area contributed by atoms with E-state index in [1.807, 2.05) is 48.5 Å². The summed E-state index contributed by atoms with van der Waals surface area (Å²) < 4.78 is 6.15. The van der Waals surface area contributed by atoms with Gasteiger partial charge in [-0.15, -0.1) is 11.8 Å². The zero-order valence-electron chi connectivity index (χ0n) is 12.0. The number of hydrogen-bond acceptors (Lipinski definition) is 4. The van der Waals surface area contributed by atoms with E-state index in [1.54, 1.807) is 13.3 Å². The molecule has 0 bridgehead atoms. The van der Waals surface area contributed by atoms with Crippen LogP contribution in [0.25, 0.3) is 0 Å². The summed E-state index contributed by atoms with van der Waals surface area (Å²) in [5, 5.41) is 3.96. The van der Waals surface area contributed by atoms with E-state index in [-0.39, 0.29) is 5.91 Å². The number of amides is 1. The Balaban J connectivity index is 1.87. The third-order valence-electron chi connectivity index (χ3n) is 2.70. The SMILES string of the molecule is COc1ccc(Br)cc1/C=N\NC(=O)CSc1ccccc1. The average Bonchev–Trinajstić information content (AvgIpc) is 2.54. The van der Waals surface area contributed by atoms with Gasteiger partial charge in [0.1, 0.15) is 5.75 Å². The van der Waals surface area contributed by atoms with Crippen LogP contribution in [0, 0.1) is 0 Å². The average molecular weight is 379 g/mol. The van der Waals surface area contributed by atoms with Gasteiger partial charge in [-0.1, -0.05) is 34.1 Å². The Kier molecular flexibility index (Phi) is 6.48. The molecule has 2 aromatic rings. The number of halogens is 1. The molecule has 1 N–H and O–H groups in total. The van der Waals surface area contributed by atoms with Crippen molar-refractivity contribution < 1.29 is 9.53 Å². The van der Waals surface area contributed by atoms with Crippen LogP contribution in [0.15, 0.2) is 63.0 Å². The van der Waals surface area contributed by atoms with Crippen molar-refractivity contribution in [3.8, 4) is 5.75 Å². The van der Waals surface area contributed by atoms with Crippen molar-refractivity contribution in [2.24, 2.45) is 5.10 Å². The second kappa shape index (κ2) is 8.60. The maximum Gasteiger partial charge on any atom is 0.250 e. The fraction of sp³-hybridized carbons (Fsp3) is 0.125. The first kappa shape index (κ1) is 16.6. The highest BCUT2D eigenvalue weighted by Gasteiger charge is 2.03. The zero-order valence-corrected chi connectivity index (χ0v) is 14.4. The molecule has 0 saturated carbocycles. The highest BCUT2D eigenvalue weighted by atomic mass is 79.9. The number of rotatable bonds is 6. The third-order valence-corrected chi connectivity index (χ3v) is 4.20. The number of thioether (sulfide) groups is 1. The molecule has 114 valence electrons. The van der Waals surface area contributed by atoms with E-state index in [1.165, 1.54) is 11.8 Å². The Labute approximate surface area is 142 Å². The van der Waals surface area contributed by atoms with Gasteiger partial charge < -0.3 is 4.74 Å². The first-order chi connectivity index (χ1) is 10.7. The van der Waals surface area contributed by atoms with Crippen molar-refractivity contribution in [2.45, 2.75) is 4.90 Å². The molecule has 0 aliphatic heterocycles. The lowest BCUT2D eigenvalue weighted by Crippen LogP contribution is -2.19. The molecule has 0 aliphatic carbocycles. The Morgan fingerprint density at radius 3 is 2.82 bits per heavy atom. The van der Waals surface area contributed by atoms with E-state index in [0.29, 0.717) is 11.5 Å². The van der Waals surface area contributed by atoms with Crippen LogP contribution in [0.3, 0.4) is 0 Å². The van der Waals surface area contributed by atoms with Crippen molar-refractivity contribution in [1.29, 1.82) is 0 Å². The van der Waals surface area contributed by atoms with Crippen LogP contribution < -0.4 is 10.2 Å². The quantitative estimate of drug-likeness (QED) is 0.473. The molecule has 2 aromatic carbocycles. The molecule has 2 rings (SSSR count). The number of hydrogen-bond donors (Lipinski definition) is 1. The summed E-state index contributed by atoms with van der Waals surface area (Å²) in [6.45, 7) is 0. The summed E-state index contributed by atoms with van der Waals surface area (Å²) in [5.41, 5.74) is 3.30. The summed E-state index contributed by atoms with van der Waals surface area (Å²) in [6, 6.07) is 15.3. The maximum atomic E-state index is 11.7. The minimum atomic E-state index is -0.154. The number of carbonyl (C=O) groups excluding carboxylic acids is 1. The smallest absolute Gasteiger partial charge is 0.250 e. The second-order valence-electron chi connectivity index (χ2n) is 4.28. The van der Waals surface area contributed by atoms with Crippen LogP contribution in [-0.4, -0.2) is 25.0 Å². The minimum absolute atomic E-state index is 0.154. The largest absolute Gasteiger partial charge is 0.496 e. The van der Waals surface area contributed by atoms with E-state index >= 15 is 0 Å². The first-order valence-electron chi connectivity index (χ1n) is 6.52. The normalized spacial score (nSPS) is 10.6. The molecule has 0 radical (unpaired) electrons. The second-order valence-corrected chi connectivity index (χ2v) is 6.25. The lowest BCUT2D eigenvalue weighted by atomic mass is 10.2. The van der Waals surface area contributed by atoms with Crippen LogP contribution >= 0.6 is 27.7 Å². The van der Waals surface area contributed by atoms with Crippen LogP contribution in [-0.2, 0) is 4.79 Å². The van der Waals surface area contributed by atoms with Crippen LogP contribution in [0.4, 0.5) is 0 Å². The molecule has 0 spiro atoms. The molecule has 0 aliphatic rings. The Bertz CT molecular complexity index is 662. The lowest BCUT2D eigenvalue weighted by molar-refractivity contribution is -0.118. The van der Waals surface area contributed by atoms with Gasteiger partial charge in [-0.05, 0) is 30.3 Å². The van der Waals surface area contributed by atoms with Gasteiger partial charge in [0.25, 0.3) is 0 Å². The fourth-order valence-electron chi connectivity index (χ4n) is 1.68. The van der Waals surface area contributed by atoms with Gasteiger partial charge in [-0.25, -0.2) is 5.43 Å². The van der Waals surface area contributed by atoms with Crippen molar-refractivity contribution in [1.82, 2.24) is 5.43 Å². The molecular formula is C16H15BrN2O2S. The monoisotopic (exact) mass is 378 g/mol. The Morgan fingerprint density at radius 1 is 1.32 bits per heavy atom. The van der Waals surface area contributed by atoms with Crippen LogP contribution in [0.1, 0.15) is 5.56 Å². The van der Waals surface area contributed by atoms with Crippen molar-refractivity contribution >= 4 is 39.8 Å². The number of ether oxygens (including phenoxy) is 1. The number of nitrogens with zero attached hydrogens (tertiary/aromatic N) is 1. The standard InChI is InChI=1S/C16H15BrN2O2S/c1-21-15-8-7-13(17)9-12(15)10-18-19-16(20)11-22-14-5-3-2-4-6-14/h2-10H,11H2,1H3,(H,19,20)/b18-10-. The van der Waals surface area contributed by atoms with E-state index in [4.69, 9.17) is 4.74 Å². The summed E-state index contributed by atoms with van der Waals surface area (Å²) in [7, 11) is 1.59. The van der Waals surface area contributed by atoms with Gasteiger partial charge in [0.2, 0.25) is 5.91 Å². The van der Waals surface area contributed by atoms with E-state index in [2.05, 4.69) is 26.5 Å². The molecule has 0 fully saturated rings. The number of carbonyl (C=O) groups is 1. The summed E-state index contributed by atoms with van der Waals surface area (Å²) in [4.78, 5) is 12.8. The molecule has 22 heavy (non-hydrogen) atoms. The number of methoxy groups -OCH3 is 1. The highest BCUT2D eigenvalue weighted by Crippen LogP contribution is 2.21.